The van der Waals surface area contributed by atoms with Crippen molar-refractivity contribution in [3.8, 4) is 66.8 Å². The number of fused-ring (bicyclic) bond motifs is 4. The summed E-state index contributed by atoms with van der Waals surface area (Å²) >= 11 is 0. The molecule has 142 heavy (non-hydrogen) atoms. The first-order valence-corrected chi connectivity index (χ1v) is 47.4. The van der Waals surface area contributed by atoms with Gasteiger partial charge in [-0.05, 0) is 138 Å². The Kier molecular flexibility index (Phi) is 40.2. The van der Waals surface area contributed by atoms with Gasteiger partial charge in [0.1, 0.15) is 0 Å². The molecule has 0 atom stereocenters. The monoisotopic (exact) mass is 2100 g/mol. The number of halogens is 12. The fraction of sp³-hybridized carbons (Fsp3) is 0.0769. The van der Waals surface area contributed by atoms with Gasteiger partial charge in [-0.15, -0.1) is 0 Å². The van der Waals surface area contributed by atoms with Gasteiger partial charge >= 0.3 is 56.2 Å². The van der Waals surface area contributed by atoms with E-state index in [1.165, 1.54) is 43.1 Å². The molecule has 0 bridgehead atoms. The van der Waals surface area contributed by atoms with Crippen LogP contribution in [0.25, 0.3) is 110 Å². The van der Waals surface area contributed by atoms with E-state index in [0.717, 1.165) is 112 Å². The van der Waals surface area contributed by atoms with Crippen LogP contribution in [0, 0.1) is 0 Å². The second-order valence-corrected chi connectivity index (χ2v) is 35.1. The molecule has 728 valence electrons. The predicted molar refractivity (Wildman–Crippen MR) is 518 cm³/mol. The molecule has 4 N–H and O–H groups in total. The summed E-state index contributed by atoms with van der Waals surface area (Å²) in [5.41, 5.74) is -0.588. The van der Waals surface area contributed by atoms with Crippen molar-refractivity contribution in [3.05, 3.63) is 436 Å². The zero-order chi connectivity index (χ0) is 101. The smallest absolute Gasteiger partial charge is 0.741 e. The second kappa shape index (κ2) is 51.3. The van der Waals surface area contributed by atoms with E-state index in [-0.39, 0.29) is 34.1 Å². The molecule has 14 aromatic carbocycles. The van der Waals surface area contributed by atoms with Crippen molar-refractivity contribution in [2.45, 2.75) is 48.2 Å². The molecule has 0 saturated heterocycles. The fourth-order valence-corrected chi connectivity index (χ4v) is 14.0. The van der Waals surface area contributed by atoms with Gasteiger partial charge in [0.2, 0.25) is 0 Å². The minimum atomic E-state index is -6.09. The number of nitrogens with zero attached hydrogens (tertiary/aromatic N) is 4. The van der Waals surface area contributed by atoms with Crippen LogP contribution in [0.3, 0.4) is 0 Å². The second-order valence-electron chi connectivity index (χ2n) is 29.7. The summed E-state index contributed by atoms with van der Waals surface area (Å²) in [5.74, 6) is 0. The van der Waals surface area contributed by atoms with Crippen LogP contribution < -0.4 is 21.3 Å². The zero-order valence-electron chi connectivity index (χ0n) is 73.7. The maximum absolute atomic E-state index is 10.7. The first-order valence-electron chi connectivity index (χ1n) is 41.8. The molecule has 18 aromatic rings. The standard InChI is InChI=1S/2C44H34N4.2C6H6.4CHF3O3S.2Fe/c2*1-3-15-31(16-4-1)39-27-33-19-7-9-23-37(33)41(43(39)47-29-35-21-11-13-25-45-35)42-38-24-10-8-20-34(38)28-40(32-17-5-2-6-18-32)44(42)48-30-36-22-12-14-26-46-36;2*1-2-4-6-5-3-1;4*2-1(3,4)8(5,6)7;;/h2*1-28,47-48H,29-30H2;2*1-6H;4*(H,5,6,7);;/q;;;;;;;;2*+4/p-4. The molecule has 0 fully saturated rings. The Morgan fingerprint density at radius 2 is 0.352 bits per heavy atom. The third-order valence-electron chi connectivity index (χ3n) is 20.2. The Morgan fingerprint density at radius 1 is 0.211 bits per heavy atom. The number of nitrogens with one attached hydrogen (secondary N) is 4. The Morgan fingerprint density at radius 3 is 0.500 bits per heavy atom. The van der Waals surface area contributed by atoms with Gasteiger partial charge in [-0.2, -0.15) is 52.7 Å². The van der Waals surface area contributed by atoms with Crippen LogP contribution in [0.5, 0.6) is 0 Å². The Balaban J connectivity index is 0.000000220. The Bertz CT molecular complexity index is 6680. The molecule has 4 aromatic heterocycles. The molecule has 0 unspecified atom stereocenters. The van der Waals surface area contributed by atoms with Crippen LogP contribution in [0.1, 0.15) is 22.8 Å². The maximum Gasteiger partial charge on any atom is 4.00 e. The fourth-order valence-electron chi connectivity index (χ4n) is 14.0. The van der Waals surface area contributed by atoms with Crippen molar-refractivity contribution < 1.29 is 139 Å². The van der Waals surface area contributed by atoms with Crippen molar-refractivity contribution >= 4 is 106 Å². The molecule has 18 rings (SSSR count). The minimum Gasteiger partial charge on any atom is -0.741 e. The zero-order valence-corrected chi connectivity index (χ0v) is 79.1. The molecule has 20 nitrogen and oxygen atoms in total. The van der Waals surface area contributed by atoms with E-state index < -0.39 is 62.5 Å². The average Bonchev–Trinajstić information content (AvgIpc) is 0.731. The number of aromatic nitrogens is 4. The van der Waals surface area contributed by atoms with E-state index >= 15 is 0 Å². The quantitative estimate of drug-likeness (QED) is 0.0268. The van der Waals surface area contributed by atoms with Gasteiger partial charge in [-0.25, -0.2) is 33.7 Å². The first-order chi connectivity index (χ1) is 66.7. The van der Waals surface area contributed by atoms with E-state index in [9.17, 15) is 52.7 Å². The molecule has 0 amide bonds. The van der Waals surface area contributed by atoms with Crippen LogP contribution in [0.15, 0.2) is 413 Å². The van der Waals surface area contributed by atoms with Crippen molar-refractivity contribution in [1.29, 1.82) is 0 Å². The van der Waals surface area contributed by atoms with Crippen molar-refractivity contribution in [2.24, 2.45) is 0 Å². The predicted octanol–water partition coefficient (Wildman–Crippen LogP) is 25.6. The summed E-state index contributed by atoms with van der Waals surface area (Å²) in [6, 6.07) is 135. The van der Waals surface area contributed by atoms with Gasteiger partial charge in [-0.1, -0.05) is 315 Å². The summed E-state index contributed by atoms with van der Waals surface area (Å²) in [5, 5.41) is 25.1. The molecule has 4 heterocycles. The van der Waals surface area contributed by atoms with E-state index in [4.69, 9.17) is 51.9 Å². The molecule has 0 radical (unpaired) electrons. The largest absolute Gasteiger partial charge is 4.00 e. The maximum atomic E-state index is 10.7. The molecular formula is C104H80F12Fe2N8O12S4+4. The average molecular weight is 2100 g/mol. The van der Waals surface area contributed by atoms with Gasteiger partial charge in [0.05, 0.1) is 71.7 Å². The van der Waals surface area contributed by atoms with Crippen LogP contribution in [0.2, 0.25) is 0 Å². The van der Waals surface area contributed by atoms with Crippen molar-refractivity contribution in [3.63, 3.8) is 0 Å². The third-order valence-corrected chi connectivity index (χ3v) is 22.5. The summed E-state index contributed by atoms with van der Waals surface area (Å²) < 4.78 is 236. The summed E-state index contributed by atoms with van der Waals surface area (Å²) in [7, 11) is -24.4. The van der Waals surface area contributed by atoms with E-state index in [1.807, 2.05) is 146 Å². The van der Waals surface area contributed by atoms with E-state index in [0.29, 0.717) is 26.2 Å². The summed E-state index contributed by atoms with van der Waals surface area (Å²) in [6.45, 7) is 2.33. The van der Waals surface area contributed by atoms with Gasteiger partial charge in [0.15, 0.2) is 40.5 Å². The molecule has 0 saturated carbocycles. The molecule has 38 heteroatoms. The first kappa shape index (κ1) is 111. The van der Waals surface area contributed by atoms with Gasteiger partial charge in [0, 0.05) is 69.3 Å². The Hall–Kier alpha value is -14.2. The van der Waals surface area contributed by atoms with Gasteiger partial charge < -0.3 is 39.5 Å². The van der Waals surface area contributed by atoms with Crippen LogP contribution in [0.4, 0.5) is 75.4 Å². The van der Waals surface area contributed by atoms with E-state index in [1.54, 1.807) is 0 Å². The number of rotatable bonds is 18. The molecule has 0 aliphatic rings. The van der Waals surface area contributed by atoms with Gasteiger partial charge in [0.25, 0.3) is 0 Å². The topological polar surface area (TPSA) is 328 Å². The number of pyridine rings is 4. The van der Waals surface area contributed by atoms with Crippen LogP contribution in [-0.2, 0) is 101 Å². The van der Waals surface area contributed by atoms with Crippen LogP contribution >= 0.6 is 0 Å². The minimum absolute atomic E-state index is 0. The number of hydrogen-bond acceptors (Lipinski definition) is 20. The molecular weight excluding hydrogens is 2020 g/mol. The number of alkyl halides is 12. The number of hydrogen-bond donors (Lipinski definition) is 4. The van der Waals surface area contributed by atoms with Crippen LogP contribution in [-0.4, -0.2) is 93.9 Å². The number of benzene rings is 14. The van der Waals surface area contributed by atoms with Crippen molar-refractivity contribution in [1.82, 2.24) is 19.9 Å². The summed E-state index contributed by atoms with van der Waals surface area (Å²) in [4.78, 5) is 18.7. The van der Waals surface area contributed by atoms with Crippen molar-refractivity contribution in [2.75, 3.05) is 21.3 Å². The third kappa shape index (κ3) is 31.4. The summed E-state index contributed by atoms with van der Waals surface area (Å²) in [6.07, 6.45) is 7.42. The SMILES string of the molecule is O=S(=O)([O-])C(F)(F)F.O=S(=O)([O-])C(F)(F)F.O=S(=O)([O-])C(F)(F)F.O=S(=O)([O-])C(F)(F)F.[Fe+4].[Fe+4].c1ccc(-c2cc3ccccc3c(-c3c(NCc4ccccn4)c(-c4ccccc4)cc4ccccc34)c2NCc2ccccn2)cc1.c1ccc(-c2cc3ccccc3c(-c3c(NCc4ccccn4)c(-c4ccccc4)cc4ccccc34)c2NCc2ccccn2)cc1.c1ccccc1.c1ccccc1. The Labute approximate surface area is 831 Å². The molecule has 0 aliphatic heterocycles. The normalized spacial score (nSPS) is 11.3. The number of anilines is 4. The molecule has 0 aliphatic carbocycles. The van der Waals surface area contributed by atoms with Gasteiger partial charge in [-0.3, -0.25) is 19.9 Å². The molecule has 0 spiro atoms. The van der Waals surface area contributed by atoms with E-state index in [2.05, 4.69) is 308 Å².